The fourth-order valence-electron chi connectivity index (χ4n) is 1.12. The molecule has 0 saturated carbocycles. The molecular weight excluding hydrogens is 260 g/mol. The van der Waals surface area contributed by atoms with Gasteiger partial charge in [0.1, 0.15) is 11.3 Å². The predicted molar refractivity (Wildman–Crippen MR) is 61.7 cm³/mol. The molecule has 0 bridgehead atoms. The van der Waals surface area contributed by atoms with Gasteiger partial charge in [0, 0.05) is 5.33 Å². The lowest BCUT2D eigenvalue weighted by Gasteiger charge is -2.09. The van der Waals surface area contributed by atoms with Gasteiger partial charge in [0.15, 0.2) is 0 Å². The lowest BCUT2D eigenvalue weighted by Crippen LogP contribution is -2.08. The summed E-state index contributed by atoms with van der Waals surface area (Å²) in [7, 11) is 0. The molecule has 0 heterocycles. The Morgan fingerprint density at radius 1 is 1.40 bits per heavy atom. The summed E-state index contributed by atoms with van der Waals surface area (Å²) >= 11 is 3.26. The quantitative estimate of drug-likeness (QED) is 0.611. The fourth-order valence-corrected chi connectivity index (χ4v) is 1.28. The van der Waals surface area contributed by atoms with E-state index in [1.807, 2.05) is 6.07 Å². The smallest absolute Gasteiger partial charge is 0.341 e. The molecule has 0 aromatic heterocycles. The summed E-state index contributed by atoms with van der Waals surface area (Å²) in [6.07, 6.45) is 0. The Hall–Kier alpha value is -1.03. The summed E-state index contributed by atoms with van der Waals surface area (Å²) in [5.41, 5.74) is 0.473. The maximum atomic E-state index is 11.5. The topological polar surface area (TPSA) is 35.5 Å². The van der Waals surface area contributed by atoms with Crippen LogP contribution in [0.25, 0.3) is 0 Å². The van der Waals surface area contributed by atoms with Crippen molar-refractivity contribution in [3.05, 3.63) is 29.8 Å². The molecule has 0 amide bonds. The average Bonchev–Trinajstić information content (AvgIpc) is 2.27. The summed E-state index contributed by atoms with van der Waals surface area (Å²) in [6, 6.07) is 7.07. The molecule has 1 aromatic carbocycles. The van der Waals surface area contributed by atoms with Crippen molar-refractivity contribution in [1.29, 1.82) is 0 Å². The Bertz CT molecular complexity index is 325. The van der Waals surface area contributed by atoms with Crippen LogP contribution in [0.1, 0.15) is 17.3 Å². The van der Waals surface area contributed by atoms with Crippen molar-refractivity contribution in [2.24, 2.45) is 0 Å². The Labute approximate surface area is 97.5 Å². The van der Waals surface area contributed by atoms with E-state index in [4.69, 9.17) is 9.47 Å². The van der Waals surface area contributed by atoms with E-state index in [1.165, 1.54) is 0 Å². The molecule has 82 valence electrons. The first kappa shape index (κ1) is 12.0. The van der Waals surface area contributed by atoms with Gasteiger partial charge in [-0.2, -0.15) is 0 Å². The van der Waals surface area contributed by atoms with Crippen LogP contribution in [0.3, 0.4) is 0 Å². The van der Waals surface area contributed by atoms with E-state index in [0.717, 1.165) is 5.33 Å². The van der Waals surface area contributed by atoms with E-state index in [-0.39, 0.29) is 5.97 Å². The first-order valence-electron chi connectivity index (χ1n) is 4.74. The molecule has 3 nitrogen and oxygen atoms in total. The Kier molecular flexibility index (Phi) is 5.18. The van der Waals surface area contributed by atoms with Gasteiger partial charge in [-0.25, -0.2) is 4.79 Å². The van der Waals surface area contributed by atoms with E-state index in [9.17, 15) is 4.79 Å². The normalized spacial score (nSPS) is 9.73. The van der Waals surface area contributed by atoms with Crippen molar-refractivity contribution < 1.29 is 14.3 Å². The van der Waals surface area contributed by atoms with Crippen molar-refractivity contribution >= 4 is 21.9 Å². The van der Waals surface area contributed by atoms with Crippen molar-refractivity contribution in [2.45, 2.75) is 6.92 Å². The van der Waals surface area contributed by atoms with E-state index in [1.54, 1.807) is 25.1 Å². The van der Waals surface area contributed by atoms with Crippen molar-refractivity contribution in [3.8, 4) is 5.75 Å². The number of para-hydroxylation sites is 1. The third-order valence-corrected chi connectivity index (χ3v) is 2.04. The maximum Gasteiger partial charge on any atom is 0.341 e. The highest BCUT2D eigenvalue weighted by Gasteiger charge is 2.12. The van der Waals surface area contributed by atoms with Gasteiger partial charge in [0.2, 0.25) is 0 Å². The van der Waals surface area contributed by atoms with Gasteiger partial charge in [-0.05, 0) is 19.1 Å². The van der Waals surface area contributed by atoms with Gasteiger partial charge in [-0.3, -0.25) is 0 Å². The second-order valence-electron chi connectivity index (χ2n) is 2.75. The third kappa shape index (κ3) is 3.55. The fraction of sp³-hybridized carbons (Fsp3) is 0.364. The number of alkyl halides is 1. The van der Waals surface area contributed by atoms with Crippen molar-refractivity contribution in [2.75, 3.05) is 18.5 Å². The van der Waals surface area contributed by atoms with Crippen molar-refractivity contribution in [3.63, 3.8) is 0 Å². The minimum Gasteiger partial charge on any atom is -0.492 e. The molecule has 4 heteroatoms. The Balaban J connectivity index is 2.80. The Morgan fingerprint density at radius 2 is 2.13 bits per heavy atom. The van der Waals surface area contributed by atoms with Crippen LogP contribution in [0.15, 0.2) is 24.3 Å². The molecular formula is C11H13BrO3. The number of esters is 1. The predicted octanol–water partition coefficient (Wildman–Crippen LogP) is 2.64. The summed E-state index contributed by atoms with van der Waals surface area (Å²) in [5, 5.41) is 0.726. The second kappa shape index (κ2) is 6.45. The average molecular weight is 273 g/mol. The van der Waals surface area contributed by atoms with E-state index < -0.39 is 0 Å². The standard InChI is InChI=1S/C11H13BrO3/c1-2-14-11(13)9-5-3-4-6-10(9)15-8-7-12/h3-6H,2,7-8H2,1H3. The van der Waals surface area contributed by atoms with Gasteiger partial charge < -0.3 is 9.47 Å². The number of hydrogen-bond acceptors (Lipinski definition) is 3. The number of ether oxygens (including phenoxy) is 2. The molecule has 0 aliphatic rings. The first-order valence-corrected chi connectivity index (χ1v) is 5.86. The number of carbonyl (C=O) groups is 1. The zero-order valence-electron chi connectivity index (χ0n) is 8.53. The number of carbonyl (C=O) groups excluding carboxylic acids is 1. The van der Waals surface area contributed by atoms with Crippen LogP contribution in [-0.2, 0) is 4.74 Å². The highest BCUT2D eigenvalue weighted by Crippen LogP contribution is 2.18. The van der Waals surface area contributed by atoms with Crippen LogP contribution >= 0.6 is 15.9 Å². The summed E-state index contributed by atoms with van der Waals surface area (Å²) in [6.45, 7) is 2.67. The second-order valence-corrected chi connectivity index (χ2v) is 3.55. The minimum absolute atomic E-state index is 0.345. The molecule has 0 saturated heterocycles. The van der Waals surface area contributed by atoms with Crippen LogP contribution in [0.2, 0.25) is 0 Å². The number of rotatable bonds is 5. The molecule has 0 N–H and O–H groups in total. The number of benzene rings is 1. The number of halogens is 1. The Morgan fingerprint density at radius 3 is 2.80 bits per heavy atom. The highest BCUT2D eigenvalue weighted by molar-refractivity contribution is 9.09. The molecule has 0 radical (unpaired) electrons. The molecule has 0 spiro atoms. The molecule has 1 aromatic rings. The van der Waals surface area contributed by atoms with Gasteiger partial charge in [0.05, 0.1) is 13.2 Å². The van der Waals surface area contributed by atoms with E-state index in [0.29, 0.717) is 24.5 Å². The zero-order chi connectivity index (χ0) is 11.1. The largest absolute Gasteiger partial charge is 0.492 e. The van der Waals surface area contributed by atoms with Gasteiger partial charge in [-0.1, -0.05) is 28.1 Å². The highest BCUT2D eigenvalue weighted by atomic mass is 79.9. The summed E-state index contributed by atoms with van der Waals surface area (Å²) < 4.78 is 10.3. The summed E-state index contributed by atoms with van der Waals surface area (Å²) in [5.74, 6) is 0.220. The van der Waals surface area contributed by atoms with E-state index in [2.05, 4.69) is 15.9 Å². The van der Waals surface area contributed by atoms with Crippen LogP contribution in [0, 0.1) is 0 Å². The first-order chi connectivity index (χ1) is 7.29. The molecule has 0 aliphatic heterocycles. The molecule has 0 aliphatic carbocycles. The van der Waals surface area contributed by atoms with E-state index >= 15 is 0 Å². The van der Waals surface area contributed by atoms with Crippen LogP contribution < -0.4 is 4.74 Å². The molecule has 0 atom stereocenters. The van der Waals surface area contributed by atoms with Crippen molar-refractivity contribution in [1.82, 2.24) is 0 Å². The van der Waals surface area contributed by atoms with Crippen LogP contribution in [0.5, 0.6) is 5.75 Å². The molecule has 1 rings (SSSR count). The summed E-state index contributed by atoms with van der Waals surface area (Å²) in [4.78, 5) is 11.5. The SMILES string of the molecule is CCOC(=O)c1ccccc1OCCBr. The van der Waals surface area contributed by atoms with Crippen LogP contribution in [0.4, 0.5) is 0 Å². The van der Waals surface area contributed by atoms with Gasteiger partial charge in [-0.15, -0.1) is 0 Å². The monoisotopic (exact) mass is 272 g/mol. The maximum absolute atomic E-state index is 11.5. The minimum atomic E-state index is -0.345. The number of hydrogen-bond donors (Lipinski definition) is 0. The zero-order valence-corrected chi connectivity index (χ0v) is 10.1. The lowest BCUT2D eigenvalue weighted by atomic mass is 10.2. The molecule has 0 unspecified atom stereocenters. The molecule has 15 heavy (non-hydrogen) atoms. The van der Waals surface area contributed by atoms with Gasteiger partial charge in [0.25, 0.3) is 0 Å². The van der Waals surface area contributed by atoms with Gasteiger partial charge >= 0.3 is 5.97 Å². The van der Waals surface area contributed by atoms with Crippen LogP contribution in [-0.4, -0.2) is 24.5 Å². The lowest BCUT2D eigenvalue weighted by molar-refractivity contribution is 0.0522. The third-order valence-electron chi connectivity index (χ3n) is 1.72. The molecule has 0 fully saturated rings.